The molecule has 6 heteroatoms. The van der Waals surface area contributed by atoms with Gasteiger partial charge in [0, 0.05) is 11.3 Å². The standard InChI is InChI=1S/C16H15ClN2O3/c1-10(15(21)19-12-5-3-2-4-6-12)18-16(22)11-7-8-14(20)13(17)9-11/h2-10,20H,1H3,(H,18,22)(H,19,21). The van der Waals surface area contributed by atoms with E-state index in [-0.39, 0.29) is 22.2 Å². The van der Waals surface area contributed by atoms with Gasteiger partial charge >= 0.3 is 0 Å². The Morgan fingerprint density at radius 3 is 2.45 bits per heavy atom. The van der Waals surface area contributed by atoms with Gasteiger partial charge in [0.05, 0.1) is 5.02 Å². The first kappa shape index (κ1) is 15.9. The van der Waals surface area contributed by atoms with Crippen molar-refractivity contribution in [1.29, 1.82) is 0 Å². The highest BCUT2D eigenvalue weighted by Crippen LogP contribution is 2.23. The third-order valence-corrected chi connectivity index (χ3v) is 3.29. The Kier molecular flexibility index (Phi) is 5.01. The summed E-state index contributed by atoms with van der Waals surface area (Å²) in [6, 6.07) is 12.3. The molecule has 2 aromatic carbocycles. The van der Waals surface area contributed by atoms with Crippen LogP contribution in [-0.4, -0.2) is 23.0 Å². The highest BCUT2D eigenvalue weighted by Gasteiger charge is 2.17. The Bertz CT molecular complexity index is 689. The number of benzene rings is 2. The highest BCUT2D eigenvalue weighted by molar-refractivity contribution is 6.32. The predicted octanol–water partition coefficient (Wildman–Crippen LogP) is 2.80. The summed E-state index contributed by atoms with van der Waals surface area (Å²) in [6.45, 7) is 1.58. The lowest BCUT2D eigenvalue weighted by Crippen LogP contribution is -2.41. The summed E-state index contributed by atoms with van der Waals surface area (Å²) in [5, 5.41) is 14.7. The van der Waals surface area contributed by atoms with Gasteiger partial charge in [-0.05, 0) is 37.3 Å². The third-order valence-electron chi connectivity index (χ3n) is 2.99. The normalized spacial score (nSPS) is 11.5. The summed E-state index contributed by atoms with van der Waals surface area (Å²) in [4.78, 5) is 24.1. The van der Waals surface area contributed by atoms with Gasteiger partial charge in [0.2, 0.25) is 5.91 Å². The van der Waals surface area contributed by atoms with Crippen LogP contribution in [-0.2, 0) is 4.79 Å². The molecule has 114 valence electrons. The predicted molar refractivity (Wildman–Crippen MR) is 85.1 cm³/mol. The number of hydrogen-bond acceptors (Lipinski definition) is 3. The minimum Gasteiger partial charge on any atom is -0.506 e. The maximum absolute atomic E-state index is 12.0. The fourth-order valence-electron chi connectivity index (χ4n) is 1.77. The second kappa shape index (κ2) is 6.95. The van der Waals surface area contributed by atoms with E-state index in [9.17, 15) is 14.7 Å². The van der Waals surface area contributed by atoms with Crippen molar-refractivity contribution in [2.75, 3.05) is 5.32 Å². The minimum absolute atomic E-state index is 0.0778. The number of anilines is 1. The summed E-state index contributed by atoms with van der Waals surface area (Å²) in [7, 11) is 0. The minimum atomic E-state index is -0.722. The maximum atomic E-state index is 12.0. The van der Waals surface area contributed by atoms with Crippen molar-refractivity contribution in [3.05, 3.63) is 59.1 Å². The van der Waals surface area contributed by atoms with Gasteiger partial charge < -0.3 is 15.7 Å². The first-order valence-corrected chi connectivity index (χ1v) is 7.00. The number of nitrogens with one attached hydrogen (secondary N) is 2. The number of amides is 2. The summed E-state index contributed by atoms with van der Waals surface area (Å²) >= 11 is 5.76. The van der Waals surface area contributed by atoms with Gasteiger partial charge in [0.25, 0.3) is 5.91 Å². The molecule has 0 heterocycles. The quantitative estimate of drug-likeness (QED) is 0.811. The second-order valence-electron chi connectivity index (χ2n) is 4.72. The number of carbonyl (C=O) groups excluding carboxylic acids is 2. The first-order valence-electron chi connectivity index (χ1n) is 6.62. The zero-order valence-electron chi connectivity index (χ0n) is 11.8. The van der Waals surface area contributed by atoms with Crippen LogP contribution in [0.15, 0.2) is 48.5 Å². The molecule has 0 aromatic heterocycles. The van der Waals surface area contributed by atoms with Crippen LogP contribution in [0.4, 0.5) is 5.69 Å². The number of phenolic OH excluding ortho intramolecular Hbond substituents is 1. The first-order chi connectivity index (χ1) is 10.5. The van der Waals surface area contributed by atoms with Crippen LogP contribution >= 0.6 is 11.6 Å². The van der Waals surface area contributed by atoms with Crippen molar-refractivity contribution in [3.63, 3.8) is 0 Å². The Hall–Kier alpha value is -2.53. The van der Waals surface area contributed by atoms with Gasteiger partial charge in [-0.25, -0.2) is 0 Å². The largest absolute Gasteiger partial charge is 0.506 e. The van der Waals surface area contributed by atoms with E-state index < -0.39 is 11.9 Å². The second-order valence-corrected chi connectivity index (χ2v) is 5.12. The van der Waals surface area contributed by atoms with Gasteiger partial charge in [-0.2, -0.15) is 0 Å². The molecule has 0 saturated carbocycles. The molecule has 22 heavy (non-hydrogen) atoms. The molecule has 2 aromatic rings. The average Bonchev–Trinajstić information content (AvgIpc) is 2.50. The summed E-state index contributed by atoms with van der Waals surface area (Å²) in [6.07, 6.45) is 0. The molecule has 0 radical (unpaired) electrons. The van der Waals surface area contributed by atoms with Gasteiger partial charge in [-0.1, -0.05) is 29.8 Å². The highest BCUT2D eigenvalue weighted by atomic mass is 35.5. The van der Waals surface area contributed by atoms with Crippen LogP contribution in [0, 0.1) is 0 Å². The van der Waals surface area contributed by atoms with E-state index in [4.69, 9.17) is 11.6 Å². The fourth-order valence-corrected chi connectivity index (χ4v) is 1.95. The van der Waals surface area contributed by atoms with Crippen molar-refractivity contribution in [1.82, 2.24) is 5.32 Å². The number of rotatable bonds is 4. The Labute approximate surface area is 132 Å². The van der Waals surface area contributed by atoms with Gasteiger partial charge in [-0.15, -0.1) is 0 Å². The molecule has 1 atom stereocenters. The van der Waals surface area contributed by atoms with Crippen molar-refractivity contribution in [2.24, 2.45) is 0 Å². The van der Waals surface area contributed by atoms with Crippen LogP contribution in [0.2, 0.25) is 5.02 Å². The molecule has 0 aliphatic rings. The van der Waals surface area contributed by atoms with Crippen molar-refractivity contribution < 1.29 is 14.7 Å². The molecule has 1 unspecified atom stereocenters. The lowest BCUT2D eigenvalue weighted by atomic mass is 10.2. The maximum Gasteiger partial charge on any atom is 0.251 e. The van der Waals surface area contributed by atoms with Gasteiger partial charge in [-0.3, -0.25) is 9.59 Å². The third kappa shape index (κ3) is 3.99. The molecule has 2 rings (SSSR count). The summed E-state index contributed by atoms with van der Waals surface area (Å²) < 4.78 is 0. The molecule has 0 fully saturated rings. The molecule has 0 saturated heterocycles. The van der Waals surface area contributed by atoms with Crippen LogP contribution in [0.5, 0.6) is 5.75 Å². The van der Waals surface area contributed by atoms with Gasteiger partial charge in [0.15, 0.2) is 0 Å². The molecule has 0 spiro atoms. The van der Waals surface area contributed by atoms with E-state index in [1.165, 1.54) is 18.2 Å². The van der Waals surface area contributed by atoms with Crippen molar-refractivity contribution in [2.45, 2.75) is 13.0 Å². The Morgan fingerprint density at radius 2 is 1.82 bits per heavy atom. The molecule has 0 bridgehead atoms. The Morgan fingerprint density at radius 1 is 1.14 bits per heavy atom. The number of para-hydroxylation sites is 1. The lowest BCUT2D eigenvalue weighted by molar-refractivity contribution is -0.117. The fraction of sp³-hybridized carbons (Fsp3) is 0.125. The van der Waals surface area contributed by atoms with Crippen LogP contribution in [0.1, 0.15) is 17.3 Å². The number of aromatic hydroxyl groups is 1. The average molecular weight is 319 g/mol. The van der Waals surface area contributed by atoms with E-state index in [2.05, 4.69) is 10.6 Å². The topological polar surface area (TPSA) is 78.4 Å². The molecular weight excluding hydrogens is 304 g/mol. The van der Waals surface area contributed by atoms with E-state index in [0.29, 0.717) is 5.69 Å². The number of hydrogen-bond donors (Lipinski definition) is 3. The number of phenols is 1. The van der Waals surface area contributed by atoms with E-state index in [1.54, 1.807) is 31.2 Å². The van der Waals surface area contributed by atoms with E-state index in [0.717, 1.165) is 0 Å². The van der Waals surface area contributed by atoms with Crippen molar-refractivity contribution >= 4 is 29.1 Å². The van der Waals surface area contributed by atoms with Crippen LogP contribution < -0.4 is 10.6 Å². The van der Waals surface area contributed by atoms with Gasteiger partial charge in [0.1, 0.15) is 11.8 Å². The number of halogens is 1. The van der Waals surface area contributed by atoms with Crippen molar-refractivity contribution in [3.8, 4) is 5.75 Å². The smallest absolute Gasteiger partial charge is 0.251 e. The molecular formula is C16H15ClN2O3. The molecule has 0 aliphatic carbocycles. The van der Waals surface area contributed by atoms with E-state index in [1.807, 2.05) is 6.07 Å². The SMILES string of the molecule is CC(NC(=O)c1ccc(O)c(Cl)c1)C(=O)Nc1ccccc1. The monoisotopic (exact) mass is 318 g/mol. The van der Waals surface area contributed by atoms with Crippen LogP contribution in [0.25, 0.3) is 0 Å². The lowest BCUT2D eigenvalue weighted by Gasteiger charge is -2.14. The zero-order valence-corrected chi connectivity index (χ0v) is 12.6. The number of carbonyl (C=O) groups is 2. The molecule has 0 aliphatic heterocycles. The summed E-state index contributed by atoms with van der Waals surface area (Å²) in [5.41, 5.74) is 0.920. The Balaban J connectivity index is 1.98. The van der Waals surface area contributed by atoms with E-state index >= 15 is 0 Å². The zero-order chi connectivity index (χ0) is 16.1. The molecule has 2 amide bonds. The van der Waals surface area contributed by atoms with Crippen LogP contribution in [0.3, 0.4) is 0 Å². The summed E-state index contributed by atoms with van der Waals surface area (Å²) in [5.74, 6) is -0.880. The molecule has 5 nitrogen and oxygen atoms in total. The molecule has 3 N–H and O–H groups in total.